The number of benzene rings is 1. The number of guanidine groups is 1. The molecule has 0 amide bonds. The maximum Gasteiger partial charge on any atom is 0.195 e. The van der Waals surface area contributed by atoms with Gasteiger partial charge < -0.3 is 29.3 Å². The Hall–Kier alpha value is -2.71. The molecule has 1 atom stereocenters. The summed E-state index contributed by atoms with van der Waals surface area (Å²) in [5.41, 5.74) is 0.865. The first-order valence-corrected chi connectivity index (χ1v) is 10.3. The first-order chi connectivity index (χ1) is 14.6. The van der Waals surface area contributed by atoms with E-state index in [0.717, 1.165) is 50.1 Å². The number of furan rings is 1. The molecule has 1 saturated heterocycles. The fraction of sp³-hybridized carbons (Fsp3) is 0.500. The van der Waals surface area contributed by atoms with E-state index in [1.54, 1.807) is 14.2 Å². The Morgan fingerprint density at radius 3 is 2.53 bits per heavy atom. The summed E-state index contributed by atoms with van der Waals surface area (Å²) in [6.45, 7) is 8.50. The number of ether oxygens (including phenoxy) is 3. The summed E-state index contributed by atoms with van der Waals surface area (Å²) in [7, 11) is 3.25. The number of aliphatic imine (C=N–C) groups is 1. The minimum Gasteiger partial charge on any atom is -0.493 e. The molecule has 1 aromatic carbocycles. The third-order valence-electron chi connectivity index (χ3n) is 4.99. The van der Waals surface area contributed by atoms with Crippen molar-refractivity contribution >= 4 is 11.6 Å². The number of morpholine rings is 1. The summed E-state index contributed by atoms with van der Waals surface area (Å²) in [6.07, 6.45) is 0. The maximum absolute atomic E-state index is 5.94. The highest BCUT2D eigenvalue weighted by atomic mass is 16.5. The van der Waals surface area contributed by atoms with Crippen LogP contribution >= 0.6 is 0 Å². The van der Waals surface area contributed by atoms with Crippen LogP contribution in [0.4, 0.5) is 5.69 Å². The summed E-state index contributed by atoms with van der Waals surface area (Å²) in [5.74, 6) is 3.88. The Bertz CT molecular complexity index is 830. The molecule has 2 aromatic rings. The number of rotatable bonds is 8. The van der Waals surface area contributed by atoms with Crippen molar-refractivity contribution in [2.75, 3.05) is 58.9 Å². The van der Waals surface area contributed by atoms with Gasteiger partial charge in [0.2, 0.25) is 0 Å². The fourth-order valence-electron chi connectivity index (χ4n) is 3.44. The molecule has 8 heteroatoms. The van der Waals surface area contributed by atoms with Gasteiger partial charge in [0.1, 0.15) is 11.5 Å². The molecular formula is C22H32N4O4. The topological polar surface area (TPSA) is 80.5 Å². The molecule has 30 heavy (non-hydrogen) atoms. The van der Waals surface area contributed by atoms with Gasteiger partial charge in [-0.3, -0.25) is 9.89 Å². The molecule has 0 saturated carbocycles. The predicted octanol–water partition coefficient (Wildman–Crippen LogP) is 3.06. The molecule has 164 valence electrons. The zero-order valence-electron chi connectivity index (χ0n) is 18.2. The first kappa shape index (κ1) is 22.0. The Labute approximate surface area is 178 Å². The molecule has 2 heterocycles. The molecule has 1 aromatic heterocycles. The van der Waals surface area contributed by atoms with E-state index in [1.807, 2.05) is 44.2 Å². The van der Waals surface area contributed by atoms with Crippen LogP contribution in [0, 0.1) is 6.92 Å². The molecule has 3 rings (SSSR count). The van der Waals surface area contributed by atoms with Crippen molar-refractivity contribution in [3.05, 3.63) is 41.9 Å². The Balaban J connectivity index is 1.78. The zero-order valence-corrected chi connectivity index (χ0v) is 18.2. The lowest BCUT2D eigenvalue weighted by atomic mass is 10.1. The summed E-state index contributed by atoms with van der Waals surface area (Å²) in [6, 6.07) is 9.79. The molecule has 0 aliphatic carbocycles. The molecule has 1 unspecified atom stereocenters. The van der Waals surface area contributed by atoms with Crippen LogP contribution in [-0.2, 0) is 4.74 Å². The van der Waals surface area contributed by atoms with E-state index in [9.17, 15) is 0 Å². The molecule has 0 spiro atoms. The summed E-state index contributed by atoms with van der Waals surface area (Å²) in [4.78, 5) is 7.21. The molecule has 8 nitrogen and oxygen atoms in total. The lowest BCUT2D eigenvalue weighted by Gasteiger charge is -2.32. The lowest BCUT2D eigenvalue weighted by Crippen LogP contribution is -2.40. The summed E-state index contributed by atoms with van der Waals surface area (Å²) < 4.78 is 22.2. The van der Waals surface area contributed by atoms with Crippen molar-refractivity contribution in [2.45, 2.75) is 19.9 Å². The number of hydrogen-bond acceptors (Lipinski definition) is 6. The van der Waals surface area contributed by atoms with Gasteiger partial charge in [-0.15, -0.1) is 0 Å². The fourth-order valence-corrected chi connectivity index (χ4v) is 3.44. The molecule has 1 fully saturated rings. The molecule has 0 bridgehead atoms. The Morgan fingerprint density at radius 1 is 1.13 bits per heavy atom. The van der Waals surface area contributed by atoms with E-state index in [1.165, 1.54) is 0 Å². The summed E-state index contributed by atoms with van der Waals surface area (Å²) in [5, 5.41) is 6.66. The molecular weight excluding hydrogens is 384 g/mol. The number of aryl methyl sites for hydroxylation is 1. The van der Waals surface area contributed by atoms with Crippen LogP contribution in [0.25, 0.3) is 0 Å². The van der Waals surface area contributed by atoms with Gasteiger partial charge in [-0.05, 0) is 38.1 Å². The quantitative estimate of drug-likeness (QED) is 0.506. The number of nitrogens with zero attached hydrogens (tertiary/aromatic N) is 2. The van der Waals surface area contributed by atoms with Crippen molar-refractivity contribution in [3.63, 3.8) is 0 Å². The zero-order chi connectivity index (χ0) is 21.3. The van der Waals surface area contributed by atoms with E-state index in [0.29, 0.717) is 24.0 Å². The smallest absolute Gasteiger partial charge is 0.195 e. The van der Waals surface area contributed by atoms with Gasteiger partial charge in [0.25, 0.3) is 0 Å². The van der Waals surface area contributed by atoms with Crippen LogP contribution in [-0.4, -0.2) is 64.5 Å². The number of anilines is 1. The average Bonchev–Trinajstić information content (AvgIpc) is 3.20. The second kappa shape index (κ2) is 10.9. The second-order valence-corrected chi connectivity index (χ2v) is 7.03. The number of methoxy groups -OCH3 is 2. The molecule has 2 N–H and O–H groups in total. The highest BCUT2D eigenvalue weighted by molar-refractivity contribution is 5.93. The van der Waals surface area contributed by atoms with Gasteiger partial charge in [-0.25, -0.2) is 0 Å². The highest BCUT2D eigenvalue weighted by Gasteiger charge is 2.25. The number of hydrogen-bond donors (Lipinski definition) is 2. The van der Waals surface area contributed by atoms with Crippen LogP contribution < -0.4 is 20.1 Å². The highest BCUT2D eigenvalue weighted by Crippen LogP contribution is 2.30. The maximum atomic E-state index is 5.94. The predicted molar refractivity (Wildman–Crippen MR) is 118 cm³/mol. The minimum atomic E-state index is 0.0588. The lowest BCUT2D eigenvalue weighted by molar-refractivity contribution is 0.0135. The van der Waals surface area contributed by atoms with Gasteiger partial charge in [0.15, 0.2) is 17.5 Å². The van der Waals surface area contributed by atoms with Crippen LogP contribution in [0.15, 0.2) is 39.7 Å². The van der Waals surface area contributed by atoms with Crippen molar-refractivity contribution < 1.29 is 18.6 Å². The van der Waals surface area contributed by atoms with E-state index < -0.39 is 0 Å². The van der Waals surface area contributed by atoms with Crippen molar-refractivity contribution in [1.29, 1.82) is 0 Å². The number of nitrogens with one attached hydrogen (secondary N) is 2. The minimum absolute atomic E-state index is 0.0588. The molecule has 0 radical (unpaired) electrons. The second-order valence-electron chi connectivity index (χ2n) is 7.03. The van der Waals surface area contributed by atoms with Crippen molar-refractivity contribution in [3.8, 4) is 11.5 Å². The molecule has 1 aliphatic heterocycles. The monoisotopic (exact) mass is 416 g/mol. The van der Waals surface area contributed by atoms with E-state index in [4.69, 9.17) is 23.6 Å². The van der Waals surface area contributed by atoms with Gasteiger partial charge in [0, 0.05) is 31.4 Å². The van der Waals surface area contributed by atoms with Gasteiger partial charge in [0.05, 0.1) is 40.0 Å². The van der Waals surface area contributed by atoms with E-state index in [-0.39, 0.29) is 6.04 Å². The standard InChI is InChI=1S/C22H32N4O4/c1-5-23-22(25-17-7-9-20(27-3)21(14-17)28-4)24-15-18(19-8-6-16(2)30-19)26-10-12-29-13-11-26/h6-9,14,18H,5,10-13,15H2,1-4H3,(H2,23,24,25). The third kappa shape index (κ3) is 5.67. The van der Waals surface area contributed by atoms with Crippen LogP contribution in [0.2, 0.25) is 0 Å². The van der Waals surface area contributed by atoms with Crippen molar-refractivity contribution in [1.82, 2.24) is 10.2 Å². The van der Waals surface area contributed by atoms with Crippen LogP contribution in [0.3, 0.4) is 0 Å². The third-order valence-corrected chi connectivity index (χ3v) is 4.99. The van der Waals surface area contributed by atoms with Crippen LogP contribution in [0.5, 0.6) is 11.5 Å². The van der Waals surface area contributed by atoms with E-state index in [2.05, 4.69) is 15.5 Å². The van der Waals surface area contributed by atoms with Gasteiger partial charge in [-0.1, -0.05) is 0 Å². The molecule has 1 aliphatic rings. The first-order valence-electron chi connectivity index (χ1n) is 10.3. The SMILES string of the molecule is CCNC(=NCC(c1ccc(C)o1)N1CCOCC1)Nc1ccc(OC)c(OC)c1. The van der Waals surface area contributed by atoms with Crippen LogP contribution in [0.1, 0.15) is 24.5 Å². The van der Waals surface area contributed by atoms with Crippen molar-refractivity contribution in [2.24, 2.45) is 4.99 Å². The van der Waals surface area contributed by atoms with E-state index >= 15 is 0 Å². The Morgan fingerprint density at radius 2 is 1.90 bits per heavy atom. The normalized spacial score (nSPS) is 16.2. The summed E-state index contributed by atoms with van der Waals surface area (Å²) >= 11 is 0. The van der Waals surface area contributed by atoms with Gasteiger partial charge in [-0.2, -0.15) is 0 Å². The largest absolute Gasteiger partial charge is 0.493 e. The van der Waals surface area contributed by atoms with Gasteiger partial charge >= 0.3 is 0 Å². The Kier molecular flexibility index (Phi) is 7.98. The average molecular weight is 417 g/mol.